The van der Waals surface area contributed by atoms with E-state index in [2.05, 4.69) is 36.7 Å². The summed E-state index contributed by atoms with van der Waals surface area (Å²) in [5.74, 6) is -0.846. The van der Waals surface area contributed by atoms with Gasteiger partial charge in [-0.05, 0) is 22.9 Å². The van der Waals surface area contributed by atoms with Gasteiger partial charge in [0.15, 0.2) is 0 Å². The molecule has 0 saturated heterocycles. The minimum absolute atomic E-state index is 0.0274. The van der Waals surface area contributed by atoms with Crippen molar-refractivity contribution in [3.8, 4) is 0 Å². The number of aromatic nitrogens is 4. The van der Waals surface area contributed by atoms with Crippen LogP contribution in [0.25, 0.3) is 0 Å². The molecule has 106 valence electrons. The van der Waals surface area contributed by atoms with Crippen LogP contribution in [-0.4, -0.2) is 31.7 Å². The molecule has 0 unspecified atom stereocenters. The van der Waals surface area contributed by atoms with Crippen molar-refractivity contribution in [1.29, 1.82) is 0 Å². The zero-order chi connectivity index (χ0) is 14.5. The minimum atomic E-state index is -0.485. The van der Waals surface area contributed by atoms with Crippen LogP contribution in [0.4, 0.5) is 4.39 Å². The summed E-state index contributed by atoms with van der Waals surface area (Å²) in [6.07, 6.45) is 5.80. The maximum atomic E-state index is 13.6. The van der Waals surface area contributed by atoms with E-state index in [0.717, 1.165) is 4.47 Å². The van der Waals surface area contributed by atoms with Crippen LogP contribution in [0.15, 0.2) is 28.2 Å². The molecular formula is C11H12BrFN6O. The second-order valence-electron chi connectivity index (χ2n) is 3.86. The van der Waals surface area contributed by atoms with Crippen LogP contribution in [0.2, 0.25) is 0 Å². The molecule has 0 atom stereocenters. The van der Waals surface area contributed by atoms with Gasteiger partial charge < -0.3 is 0 Å². The highest BCUT2D eigenvalue weighted by Crippen LogP contribution is 2.05. The predicted octanol–water partition coefficient (Wildman–Crippen LogP) is 1.15. The summed E-state index contributed by atoms with van der Waals surface area (Å²) < 4.78 is 17.0. The Hall–Kier alpha value is -2.03. The summed E-state index contributed by atoms with van der Waals surface area (Å²) in [4.78, 5) is 11.5. The molecule has 1 amide bonds. The first-order chi connectivity index (χ1) is 9.60. The van der Waals surface area contributed by atoms with E-state index in [1.165, 1.54) is 21.8 Å². The van der Waals surface area contributed by atoms with Crippen LogP contribution in [-0.2, 0) is 17.9 Å². The number of halogens is 2. The fraction of sp³-hybridized carbons (Fsp3) is 0.273. The summed E-state index contributed by atoms with van der Waals surface area (Å²) in [7, 11) is 0. The van der Waals surface area contributed by atoms with Gasteiger partial charge in [-0.15, -0.1) is 0 Å². The first-order valence-electron chi connectivity index (χ1n) is 5.81. The van der Waals surface area contributed by atoms with Crippen molar-refractivity contribution in [1.82, 2.24) is 25.0 Å². The number of amides is 1. The molecule has 7 nitrogen and oxygen atoms in total. The smallest absolute Gasteiger partial charge is 0.261 e. The van der Waals surface area contributed by atoms with Crippen LogP contribution in [0.3, 0.4) is 0 Å². The van der Waals surface area contributed by atoms with E-state index in [-0.39, 0.29) is 18.0 Å². The van der Waals surface area contributed by atoms with Gasteiger partial charge in [-0.25, -0.2) is 10.1 Å². The van der Waals surface area contributed by atoms with Crippen LogP contribution < -0.4 is 5.43 Å². The van der Waals surface area contributed by atoms with Gasteiger partial charge in [0.05, 0.1) is 28.6 Å². The molecule has 2 heterocycles. The summed E-state index contributed by atoms with van der Waals surface area (Å²) >= 11 is 3.23. The fourth-order valence-corrected chi connectivity index (χ4v) is 1.80. The van der Waals surface area contributed by atoms with Crippen LogP contribution >= 0.6 is 15.9 Å². The summed E-state index contributed by atoms with van der Waals surface area (Å²) in [6, 6.07) is 0. The van der Waals surface area contributed by atoms with E-state index in [0.29, 0.717) is 6.54 Å². The normalized spacial score (nSPS) is 11.2. The van der Waals surface area contributed by atoms with E-state index in [4.69, 9.17) is 0 Å². The second kappa shape index (κ2) is 6.42. The Balaban J connectivity index is 1.89. The van der Waals surface area contributed by atoms with E-state index >= 15 is 0 Å². The average molecular weight is 343 g/mol. The predicted molar refractivity (Wildman–Crippen MR) is 73.5 cm³/mol. The minimum Gasteiger partial charge on any atom is -0.271 e. The molecule has 0 aliphatic carbocycles. The molecule has 0 aliphatic rings. The van der Waals surface area contributed by atoms with Gasteiger partial charge in [0.25, 0.3) is 5.91 Å². The Bertz CT molecular complexity index is 635. The largest absolute Gasteiger partial charge is 0.271 e. The molecule has 9 heteroatoms. The molecule has 0 radical (unpaired) electrons. The maximum Gasteiger partial charge on any atom is 0.261 e. The van der Waals surface area contributed by atoms with Crippen molar-refractivity contribution < 1.29 is 9.18 Å². The number of nitrogens with zero attached hydrogens (tertiary/aromatic N) is 5. The number of hydrazone groups is 1. The Labute approximate surface area is 122 Å². The molecule has 0 saturated carbocycles. The zero-order valence-corrected chi connectivity index (χ0v) is 12.2. The van der Waals surface area contributed by atoms with Crippen LogP contribution in [0, 0.1) is 5.95 Å². The van der Waals surface area contributed by atoms with Crippen molar-refractivity contribution in [2.24, 2.45) is 5.10 Å². The monoisotopic (exact) mass is 342 g/mol. The lowest BCUT2D eigenvalue weighted by Crippen LogP contribution is -2.23. The third-order valence-corrected chi connectivity index (χ3v) is 2.81. The Morgan fingerprint density at radius 2 is 2.35 bits per heavy atom. The van der Waals surface area contributed by atoms with Gasteiger partial charge >= 0.3 is 0 Å². The lowest BCUT2D eigenvalue weighted by atomic mass is 10.4. The van der Waals surface area contributed by atoms with Crippen LogP contribution in [0.1, 0.15) is 12.5 Å². The molecule has 0 fully saturated rings. The van der Waals surface area contributed by atoms with Gasteiger partial charge in [0.2, 0.25) is 5.95 Å². The topological polar surface area (TPSA) is 77.1 Å². The highest BCUT2D eigenvalue weighted by atomic mass is 79.9. The van der Waals surface area contributed by atoms with Gasteiger partial charge in [-0.1, -0.05) is 0 Å². The molecule has 0 bridgehead atoms. The van der Waals surface area contributed by atoms with E-state index < -0.39 is 5.95 Å². The number of carbonyl (C=O) groups is 1. The number of aryl methyl sites for hydroxylation is 1. The van der Waals surface area contributed by atoms with Crippen molar-refractivity contribution in [3.05, 3.63) is 34.6 Å². The number of nitrogens with one attached hydrogen (secondary N) is 1. The van der Waals surface area contributed by atoms with Crippen molar-refractivity contribution >= 4 is 28.1 Å². The molecule has 1 N–H and O–H groups in total. The van der Waals surface area contributed by atoms with Gasteiger partial charge in [-0.2, -0.15) is 19.7 Å². The van der Waals surface area contributed by atoms with Crippen LogP contribution in [0.5, 0.6) is 0 Å². The van der Waals surface area contributed by atoms with Crippen molar-refractivity contribution in [2.45, 2.75) is 20.0 Å². The van der Waals surface area contributed by atoms with Crippen molar-refractivity contribution in [3.63, 3.8) is 0 Å². The summed E-state index contributed by atoms with van der Waals surface area (Å²) in [5, 5.41) is 11.4. The quantitative estimate of drug-likeness (QED) is 0.654. The zero-order valence-electron chi connectivity index (χ0n) is 10.6. The molecule has 0 spiro atoms. The highest BCUT2D eigenvalue weighted by Gasteiger charge is 2.07. The molecule has 2 aromatic heterocycles. The molecular weight excluding hydrogens is 331 g/mol. The highest BCUT2D eigenvalue weighted by molar-refractivity contribution is 9.10. The van der Waals surface area contributed by atoms with E-state index in [1.807, 2.05) is 0 Å². The van der Waals surface area contributed by atoms with Gasteiger partial charge in [0, 0.05) is 12.7 Å². The Kier molecular flexibility index (Phi) is 4.61. The summed E-state index contributed by atoms with van der Waals surface area (Å²) in [5.41, 5.74) is 2.51. The number of carbonyl (C=O) groups excluding carboxylic acids is 1. The average Bonchev–Trinajstić information content (AvgIpc) is 2.97. The molecule has 20 heavy (non-hydrogen) atoms. The fourth-order valence-electron chi connectivity index (χ4n) is 1.47. The third kappa shape index (κ3) is 3.50. The van der Waals surface area contributed by atoms with Gasteiger partial charge in [0.1, 0.15) is 6.54 Å². The SMILES string of the molecule is CCn1ncc(/C=N/NC(=O)Cn2cc(Br)cn2)c1F. The maximum absolute atomic E-state index is 13.6. The lowest BCUT2D eigenvalue weighted by Gasteiger charge is -1.99. The lowest BCUT2D eigenvalue weighted by molar-refractivity contribution is -0.121. The van der Waals surface area contributed by atoms with E-state index in [1.54, 1.807) is 19.3 Å². The Morgan fingerprint density at radius 3 is 2.95 bits per heavy atom. The summed E-state index contributed by atoms with van der Waals surface area (Å²) in [6.45, 7) is 2.24. The molecule has 2 aromatic rings. The molecule has 0 aromatic carbocycles. The first kappa shape index (κ1) is 14.4. The standard InChI is InChI=1S/C11H12BrFN6O/c1-2-19-11(13)8(4-16-19)3-14-17-10(20)7-18-6-9(12)5-15-18/h3-6H,2,7H2,1H3,(H,17,20)/b14-3+. The van der Waals surface area contributed by atoms with E-state index in [9.17, 15) is 9.18 Å². The van der Waals surface area contributed by atoms with Crippen molar-refractivity contribution in [2.75, 3.05) is 0 Å². The number of rotatable bonds is 5. The number of hydrogen-bond acceptors (Lipinski definition) is 4. The van der Waals surface area contributed by atoms with Gasteiger partial charge in [-0.3, -0.25) is 9.48 Å². The Morgan fingerprint density at radius 1 is 1.55 bits per heavy atom. The molecule has 2 rings (SSSR count). The molecule has 0 aliphatic heterocycles. The third-order valence-electron chi connectivity index (χ3n) is 2.40. The first-order valence-corrected chi connectivity index (χ1v) is 6.60. The second-order valence-corrected chi connectivity index (χ2v) is 4.77. The number of hydrogen-bond donors (Lipinski definition) is 1.